The van der Waals surface area contributed by atoms with Crippen LogP contribution in [0.15, 0.2) is 66.7 Å². The molecule has 3 N–H and O–H groups in total. The van der Waals surface area contributed by atoms with Gasteiger partial charge in [0.05, 0.1) is 11.8 Å². The van der Waals surface area contributed by atoms with Gasteiger partial charge in [-0.25, -0.2) is 0 Å². The number of anilines is 1. The molecule has 0 unspecified atom stereocenters. The number of aryl methyl sites for hydroxylation is 2. The first-order chi connectivity index (χ1) is 17.8. The van der Waals surface area contributed by atoms with Gasteiger partial charge in [-0.1, -0.05) is 60.2 Å². The number of hydrogen-bond acceptors (Lipinski definition) is 5. The van der Waals surface area contributed by atoms with Crippen LogP contribution in [0.3, 0.4) is 0 Å². The van der Waals surface area contributed by atoms with Crippen molar-refractivity contribution in [1.82, 2.24) is 10.2 Å². The van der Waals surface area contributed by atoms with Crippen molar-refractivity contribution in [3.05, 3.63) is 94.5 Å². The second-order valence-electron chi connectivity index (χ2n) is 10.5. The Morgan fingerprint density at radius 1 is 0.919 bits per heavy atom. The summed E-state index contributed by atoms with van der Waals surface area (Å²) in [5.74, 6) is -2.16. The summed E-state index contributed by atoms with van der Waals surface area (Å²) in [6.45, 7) is 4.19. The van der Waals surface area contributed by atoms with Gasteiger partial charge in [-0.15, -0.1) is 0 Å². The molecule has 3 heterocycles. The fraction of sp³-hybridized carbons (Fsp3) is 0.300. The number of rotatable bonds is 5. The predicted molar refractivity (Wildman–Crippen MR) is 139 cm³/mol. The monoisotopic (exact) mass is 495 g/mol. The van der Waals surface area contributed by atoms with Crippen molar-refractivity contribution in [2.45, 2.75) is 38.3 Å². The van der Waals surface area contributed by atoms with Crippen molar-refractivity contribution in [1.29, 1.82) is 0 Å². The minimum atomic E-state index is -1.31. The van der Waals surface area contributed by atoms with Crippen LogP contribution in [0.1, 0.15) is 27.8 Å². The van der Waals surface area contributed by atoms with E-state index in [1.807, 2.05) is 68.4 Å². The number of hydrogen-bond donors (Lipinski definition) is 3. The Labute approximate surface area is 215 Å². The highest BCUT2D eigenvalue weighted by atomic mass is 16.3. The molecule has 37 heavy (non-hydrogen) atoms. The van der Waals surface area contributed by atoms with E-state index in [0.717, 1.165) is 33.5 Å². The van der Waals surface area contributed by atoms with E-state index in [2.05, 4.69) is 10.6 Å². The summed E-state index contributed by atoms with van der Waals surface area (Å²) in [4.78, 5) is 43.0. The molecule has 3 amide bonds. The molecular formula is C30H29N3O4. The van der Waals surface area contributed by atoms with Gasteiger partial charge in [-0.3, -0.25) is 24.6 Å². The number of benzene rings is 3. The van der Waals surface area contributed by atoms with Gasteiger partial charge < -0.3 is 10.4 Å². The molecule has 3 aromatic carbocycles. The summed E-state index contributed by atoms with van der Waals surface area (Å²) in [6, 6.07) is 20.1. The van der Waals surface area contributed by atoms with Crippen LogP contribution < -0.4 is 10.6 Å². The lowest BCUT2D eigenvalue weighted by Gasteiger charge is -2.30. The highest BCUT2D eigenvalue weighted by molar-refractivity contribution is 6.15. The lowest BCUT2D eigenvalue weighted by molar-refractivity contribution is -0.142. The number of carbonyl (C=O) groups is 3. The maximum atomic E-state index is 14.0. The van der Waals surface area contributed by atoms with E-state index in [1.54, 1.807) is 12.1 Å². The molecule has 188 valence electrons. The Bertz CT molecular complexity index is 1420. The second-order valence-corrected chi connectivity index (χ2v) is 10.5. The van der Waals surface area contributed by atoms with Gasteiger partial charge in [0, 0.05) is 23.8 Å². The highest BCUT2D eigenvalue weighted by Crippen LogP contribution is 2.54. The summed E-state index contributed by atoms with van der Waals surface area (Å²) in [7, 11) is 0. The minimum absolute atomic E-state index is 0.159. The standard InChI is InChI=1S/C30H29N3O4/c1-17-14-18(2)26-22(15-17)30(29(37)31-26)25-24(23(32-30)16-20-8-10-21(34)11-9-20)27(35)33(28(25)36)13-12-19-6-4-3-5-7-19/h3-11,14-15,23-25,32,34H,12-13,16H2,1-2H3,(H,31,37)/t23-,24-,25-,30+/m1/s1. The van der Waals surface area contributed by atoms with E-state index in [4.69, 9.17) is 0 Å². The Hall–Kier alpha value is -3.97. The van der Waals surface area contributed by atoms with Crippen LogP contribution in [0.2, 0.25) is 0 Å². The molecule has 7 nitrogen and oxygen atoms in total. The van der Waals surface area contributed by atoms with Gasteiger partial charge in [0.25, 0.3) is 0 Å². The van der Waals surface area contributed by atoms with Gasteiger partial charge >= 0.3 is 0 Å². The predicted octanol–water partition coefficient (Wildman–Crippen LogP) is 3.21. The molecule has 0 bridgehead atoms. The van der Waals surface area contributed by atoms with E-state index >= 15 is 0 Å². The van der Waals surface area contributed by atoms with Gasteiger partial charge in [0.1, 0.15) is 11.3 Å². The molecule has 0 aliphatic carbocycles. The first-order valence-corrected chi connectivity index (χ1v) is 12.7. The van der Waals surface area contributed by atoms with Crippen molar-refractivity contribution in [3.63, 3.8) is 0 Å². The normalized spacial score (nSPS) is 26.1. The SMILES string of the molecule is Cc1cc(C)c2c(c1)[C@@]1(N[C@H](Cc3ccc(O)cc3)[C@H]3C(=O)N(CCc4ccccc4)C(=O)[C@@H]31)C(=O)N2. The number of phenols is 1. The van der Waals surface area contributed by atoms with Crippen LogP contribution in [-0.2, 0) is 32.8 Å². The highest BCUT2D eigenvalue weighted by Gasteiger charge is 2.70. The van der Waals surface area contributed by atoms with Gasteiger partial charge in [-0.2, -0.15) is 0 Å². The Kier molecular flexibility index (Phi) is 5.42. The summed E-state index contributed by atoms with van der Waals surface area (Å²) < 4.78 is 0. The number of nitrogens with zero attached hydrogens (tertiary/aromatic N) is 1. The van der Waals surface area contributed by atoms with Gasteiger partial charge in [0.15, 0.2) is 0 Å². The van der Waals surface area contributed by atoms with Crippen LogP contribution in [0.4, 0.5) is 5.69 Å². The van der Waals surface area contributed by atoms with E-state index in [-0.39, 0.29) is 30.0 Å². The molecule has 3 aliphatic rings. The number of amides is 3. The second kappa shape index (κ2) is 8.56. The number of likely N-dealkylation sites (tertiary alicyclic amines) is 1. The molecular weight excluding hydrogens is 466 g/mol. The molecule has 6 rings (SSSR count). The number of aromatic hydroxyl groups is 1. The number of fused-ring (bicyclic) bond motifs is 4. The molecule has 0 aromatic heterocycles. The molecule has 0 radical (unpaired) electrons. The molecule has 7 heteroatoms. The molecule has 4 atom stereocenters. The van der Waals surface area contributed by atoms with Crippen LogP contribution >= 0.6 is 0 Å². The maximum absolute atomic E-state index is 14.0. The quantitative estimate of drug-likeness (QED) is 0.472. The van der Waals surface area contributed by atoms with Crippen molar-refractivity contribution in [2.75, 3.05) is 11.9 Å². The van der Waals surface area contributed by atoms with Crippen molar-refractivity contribution >= 4 is 23.4 Å². The summed E-state index contributed by atoms with van der Waals surface area (Å²) in [5.41, 5.74) is 4.02. The number of carbonyl (C=O) groups excluding carboxylic acids is 3. The third-order valence-electron chi connectivity index (χ3n) is 8.12. The fourth-order valence-corrected chi connectivity index (χ4v) is 6.48. The Balaban J connectivity index is 1.42. The van der Waals surface area contributed by atoms with E-state index in [9.17, 15) is 19.5 Å². The zero-order valence-electron chi connectivity index (χ0n) is 20.8. The summed E-state index contributed by atoms with van der Waals surface area (Å²) in [5, 5.41) is 16.2. The molecule has 3 aliphatic heterocycles. The Morgan fingerprint density at radius 3 is 2.38 bits per heavy atom. The number of imide groups is 1. The lowest BCUT2D eigenvalue weighted by Crippen LogP contribution is -2.53. The Morgan fingerprint density at radius 2 is 1.65 bits per heavy atom. The fourth-order valence-electron chi connectivity index (χ4n) is 6.48. The average Bonchev–Trinajstić information content (AvgIpc) is 3.45. The largest absolute Gasteiger partial charge is 0.508 e. The molecule has 2 fully saturated rings. The van der Waals surface area contributed by atoms with E-state index < -0.39 is 23.4 Å². The zero-order valence-corrected chi connectivity index (χ0v) is 20.8. The first-order valence-electron chi connectivity index (χ1n) is 12.7. The van der Waals surface area contributed by atoms with E-state index in [0.29, 0.717) is 12.8 Å². The van der Waals surface area contributed by atoms with Crippen molar-refractivity contribution in [3.8, 4) is 5.75 Å². The van der Waals surface area contributed by atoms with Crippen LogP contribution in [0.25, 0.3) is 0 Å². The molecule has 1 spiro atoms. The smallest absolute Gasteiger partial charge is 0.250 e. The third-order valence-corrected chi connectivity index (χ3v) is 8.12. The topological polar surface area (TPSA) is 98.7 Å². The maximum Gasteiger partial charge on any atom is 0.250 e. The number of phenolic OH excluding ortho intramolecular Hbond substituents is 1. The van der Waals surface area contributed by atoms with Gasteiger partial charge in [-0.05, 0) is 55.5 Å². The zero-order chi connectivity index (χ0) is 25.9. The average molecular weight is 496 g/mol. The lowest BCUT2D eigenvalue weighted by atomic mass is 9.75. The van der Waals surface area contributed by atoms with Crippen molar-refractivity contribution < 1.29 is 19.5 Å². The van der Waals surface area contributed by atoms with Crippen LogP contribution in [0, 0.1) is 25.7 Å². The summed E-state index contributed by atoms with van der Waals surface area (Å²) in [6.07, 6.45) is 1.00. The minimum Gasteiger partial charge on any atom is -0.508 e. The molecule has 3 aromatic rings. The number of nitrogens with one attached hydrogen (secondary N) is 2. The van der Waals surface area contributed by atoms with Crippen LogP contribution in [0.5, 0.6) is 5.75 Å². The van der Waals surface area contributed by atoms with E-state index in [1.165, 1.54) is 4.90 Å². The first kappa shape index (κ1) is 23.4. The third kappa shape index (κ3) is 3.56. The molecule has 0 saturated carbocycles. The van der Waals surface area contributed by atoms with Gasteiger partial charge in [0.2, 0.25) is 17.7 Å². The van der Waals surface area contributed by atoms with Crippen LogP contribution in [-0.4, -0.2) is 40.3 Å². The van der Waals surface area contributed by atoms with Crippen molar-refractivity contribution in [2.24, 2.45) is 11.8 Å². The molecule has 2 saturated heterocycles. The summed E-state index contributed by atoms with van der Waals surface area (Å²) >= 11 is 0.